The third-order valence-corrected chi connectivity index (χ3v) is 9.55. The number of hydrogen-bond acceptors (Lipinski definition) is 7. The Morgan fingerprint density at radius 2 is 1.82 bits per heavy atom. The summed E-state index contributed by atoms with van der Waals surface area (Å²) in [7, 11) is -2.73. The van der Waals surface area contributed by atoms with Crippen molar-refractivity contribution in [3.05, 3.63) is 107 Å². The van der Waals surface area contributed by atoms with Gasteiger partial charge in [0.25, 0.3) is 0 Å². The molecule has 1 heterocycles. The van der Waals surface area contributed by atoms with Crippen molar-refractivity contribution in [3.8, 4) is 5.75 Å². The average Bonchev–Trinajstić information content (AvgIpc) is 3.38. The first kappa shape index (κ1) is 30.7. The van der Waals surface area contributed by atoms with Crippen molar-refractivity contribution in [2.45, 2.75) is 37.4 Å². The van der Waals surface area contributed by atoms with Gasteiger partial charge in [-0.2, -0.15) is 9.41 Å². The van der Waals surface area contributed by atoms with E-state index >= 15 is 0 Å². The summed E-state index contributed by atoms with van der Waals surface area (Å²) in [4.78, 5) is 28.6. The molecule has 1 saturated heterocycles. The van der Waals surface area contributed by atoms with Crippen LogP contribution in [0.4, 0.5) is 0 Å². The maximum absolute atomic E-state index is 14.2. The van der Waals surface area contributed by atoms with Gasteiger partial charge >= 0.3 is 0 Å². The zero-order valence-electron chi connectivity index (χ0n) is 24.6. The Balaban J connectivity index is 1.42. The molecule has 5 rings (SSSR count). The minimum absolute atomic E-state index is 0.00962. The van der Waals surface area contributed by atoms with E-state index in [1.165, 1.54) is 19.4 Å². The molecule has 1 atom stereocenters. The maximum Gasteiger partial charge on any atom is 0.244 e. The number of sulfonamides is 1. The number of aryl methyl sites for hydroxylation is 1. The van der Waals surface area contributed by atoms with Crippen LogP contribution in [-0.4, -0.2) is 61.9 Å². The van der Waals surface area contributed by atoms with Crippen LogP contribution in [-0.2, 0) is 32.7 Å². The van der Waals surface area contributed by atoms with Crippen LogP contribution in [0, 0.1) is 6.92 Å². The second kappa shape index (κ2) is 13.3. The Hall–Kier alpha value is -4.74. The summed E-state index contributed by atoms with van der Waals surface area (Å²) in [5, 5.41) is 7.86. The highest BCUT2D eigenvalue weighted by molar-refractivity contribution is 7.89. The van der Waals surface area contributed by atoms with Crippen molar-refractivity contribution in [1.29, 1.82) is 0 Å². The topological polar surface area (TPSA) is 134 Å². The molecule has 4 aromatic carbocycles. The molecule has 0 bridgehead atoms. The Morgan fingerprint density at radius 3 is 2.57 bits per heavy atom. The van der Waals surface area contributed by atoms with E-state index in [9.17, 15) is 18.0 Å². The quantitative estimate of drug-likeness (QED) is 0.151. The predicted octanol–water partition coefficient (Wildman–Crippen LogP) is 3.56. The van der Waals surface area contributed by atoms with Gasteiger partial charge in [0, 0.05) is 19.6 Å². The lowest BCUT2D eigenvalue weighted by molar-refractivity contribution is -0.131. The molecule has 0 radical (unpaired) electrons. The summed E-state index contributed by atoms with van der Waals surface area (Å²) < 4.78 is 34.8. The molecule has 0 aromatic heterocycles. The highest BCUT2D eigenvalue weighted by Crippen LogP contribution is 2.29. The summed E-state index contributed by atoms with van der Waals surface area (Å²) in [6, 6.07) is 24.2. The van der Waals surface area contributed by atoms with Crippen molar-refractivity contribution in [2.75, 3.05) is 20.2 Å². The second-order valence-corrected chi connectivity index (χ2v) is 12.7. The van der Waals surface area contributed by atoms with Gasteiger partial charge in [-0.05, 0) is 71.1 Å². The summed E-state index contributed by atoms with van der Waals surface area (Å²) in [5.74, 6) is 5.01. The van der Waals surface area contributed by atoms with Crippen molar-refractivity contribution in [1.82, 2.24) is 14.5 Å². The Kier molecular flexibility index (Phi) is 9.26. The molecule has 10 nitrogen and oxygen atoms in total. The predicted molar refractivity (Wildman–Crippen MR) is 169 cm³/mol. The molecule has 1 fully saturated rings. The maximum atomic E-state index is 14.2. The van der Waals surface area contributed by atoms with Crippen LogP contribution in [0.1, 0.15) is 28.7 Å². The molecule has 11 heteroatoms. The highest BCUT2D eigenvalue weighted by Gasteiger charge is 2.43. The molecular weight excluding hydrogens is 578 g/mol. The smallest absolute Gasteiger partial charge is 0.244 e. The Labute approximate surface area is 257 Å². The van der Waals surface area contributed by atoms with Gasteiger partial charge < -0.3 is 20.8 Å². The van der Waals surface area contributed by atoms with Crippen LogP contribution in [0.15, 0.2) is 94.9 Å². The summed E-state index contributed by atoms with van der Waals surface area (Å²) >= 11 is 0. The lowest BCUT2D eigenvalue weighted by Crippen LogP contribution is -2.49. The fourth-order valence-corrected chi connectivity index (χ4v) is 6.92. The van der Waals surface area contributed by atoms with Gasteiger partial charge in [0.1, 0.15) is 11.8 Å². The Bertz CT molecular complexity index is 1810. The fraction of sp³-hybridized carbons (Fsp3) is 0.242. The normalized spacial score (nSPS) is 15.4. The van der Waals surface area contributed by atoms with E-state index in [1.807, 2.05) is 61.5 Å². The van der Waals surface area contributed by atoms with Gasteiger partial charge in [0.2, 0.25) is 21.8 Å². The number of benzene rings is 4. The second-order valence-electron chi connectivity index (χ2n) is 10.8. The number of amides is 2. The van der Waals surface area contributed by atoms with Gasteiger partial charge in [-0.3, -0.25) is 9.59 Å². The van der Waals surface area contributed by atoms with E-state index in [0.29, 0.717) is 17.7 Å². The number of carbonyl (C=O) groups excluding carboxylic acids is 2. The number of carbonyl (C=O) groups is 2. The van der Waals surface area contributed by atoms with Crippen LogP contribution >= 0.6 is 0 Å². The summed E-state index contributed by atoms with van der Waals surface area (Å²) in [6.07, 6.45) is 1.76. The van der Waals surface area contributed by atoms with Gasteiger partial charge in [-0.15, -0.1) is 0 Å². The van der Waals surface area contributed by atoms with Crippen LogP contribution in [0.2, 0.25) is 0 Å². The first-order valence-electron chi connectivity index (χ1n) is 14.2. The molecular formula is C33H35N5O5S. The highest BCUT2D eigenvalue weighted by atomic mass is 32.2. The molecule has 0 aliphatic carbocycles. The van der Waals surface area contributed by atoms with Gasteiger partial charge in [0.05, 0.1) is 24.8 Å². The van der Waals surface area contributed by atoms with E-state index in [0.717, 1.165) is 31.9 Å². The number of hydrazone groups is 1. The van der Waals surface area contributed by atoms with Crippen LogP contribution < -0.4 is 15.9 Å². The molecule has 44 heavy (non-hydrogen) atoms. The van der Waals surface area contributed by atoms with Gasteiger partial charge in [-0.1, -0.05) is 60.2 Å². The molecule has 0 saturated carbocycles. The van der Waals surface area contributed by atoms with Crippen molar-refractivity contribution < 1.29 is 22.7 Å². The number of fused-ring (bicyclic) bond motifs is 1. The molecule has 3 N–H and O–H groups in total. The number of nitrogens with two attached hydrogens (primary N) is 1. The van der Waals surface area contributed by atoms with Crippen LogP contribution in [0.25, 0.3) is 10.8 Å². The first-order valence-corrected chi connectivity index (χ1v) is 15.6. The van der Waals surface area contributed by atoms with Crippen LogP contribution in [0.5, 0.6) is 5.75 Å². The lowest BCUT2D eigenvalue weighted by Gasteiger charge is -2.27. The first-order chi connectivity index (χ1) is 21.2. The summed E-state index contributed by atoms with van der Waals surface area (Å²) in [6.45, 7) is 2.32. The van der Waals surface area contributed by atoms with E-state index in [4.69, 9.17) is 10.6 Å². The zero-order chi connectivity index (χ0) is 31.3. The molecule has 4 aromatic rings. The third-order valence-electron chi connectivity index (χ3n) is 7.70. The third kappa shape index (κ3) is 6.90. The van der Waals surface area contributed by atoms with E-state index in [-0.39, 0.29) is 30.3 Å². The standard InChI is InChI=1S/C33H35N5O5S/c1-23-6-8-24(9-7-23)19-35-32(39)22-38(44(41,42)30-13-11-27-10-12-29(43-2)17-28(27)18-30)31-14-15-37(33(31)40)21-26-5-3-4-25(16-26)20-36-34/h3-13,16-18,20,31H,14-15,19,21-22,34H2,1-2H3,(H,35,39)/t31-/m0/s1. The summed E-state index contributed by atoms with van der Waals surface area (Å²) in [5.41, 5.74) is 3.61. The minimum Gasteiger partial charge on any atom is -0.497 e. The molecule has 0 spiro atoms. The molecule has 1 aliphatic rings. The van der Waals surface area contributed by atoms with Crippen LogP contribution in [0.3, 0.4) is 0 Å². The molecule has 0 unspecified atom stereocenters. The molecule has 228 valence electrons. The average molecular weight is 614 g/mol. The van der Waals surface area contributed by atoms with Gasteiger partial charge in [0.15, 0.2) is 0 Å². The number of hydrogen-bond donors (Lipinski definition) is 2. The number of nitrogens with zero attached hydrogens (tertiary/aromatic N) is 3. The van der Waals surface area contributed by atoms with E-state index in [2.05, 4.69) is 10.4 Å². The molecule has 2 amide bonds. The minimum atomic E-state index is -4.27. The molecule has 1 aliphatic heterocycles. The number of nitrogens with one attached hydrogen (secondary N) is 1. The van der Waals surface area contributed by atoms with Crippen molar-refractivity contribution in [3.63, 3.8) is 0 Å². The van der Waals surface area contributed by atoms with E-state index in [1.54, 1.807) is 29.2 Å². The number of methoxy groups -OCH3 is 1. The van der Waals surface area contributed by atoms with Gasteiger partial charge in [-0.25, -0.2) is 8.42 Å². The number of ether oxygens (including phenoxy) is 1. The van der Waals surface area contributed by atoms with Crippen molar-refractivity contribution in [2.24, 2.45) is 10.9 Å². The van der Waals surface area contributed by atoms with E-state index < -0.39 is 28.5 Å². The Morgan fingerprint density at radius 1 is 1.05 bits per heavy atom. The monoisotopic (exact) mass is 613 g/mol. The SMILES string of the molecule is COc1ccc2ccc(S(=O)(=O)N(CC(=O)NCc3ccc(C)cc3)[C@H]3CCN(Cc4cccc(C=NN)c4)C3=O)cc2c1. The number of rotatable bonds is 11. The van der Waals surface area contributed by atoms with Crippen molar-refractivity contribution >= 4 is 38.8 Å². The fourth-order valence-electron chi connectivity index (χ4n) is 5.32. The number of likely N-dealkylation sites (tertiary alicyclic amines) is 1. The lowest BCUT2D eigenvalue weighted by atomic mass is 10.1. The largest absolute Gasteiger partial charge is 0.497 e. The zero-order valence-corrected chi connectivity index (χ0v) is 25.5.